The van der Waals surface area contributed by atoms with Gasteiger partial charge >= 0.3 is 0 Å². The van der Waals surface area contributed by atoms with Crippen molar-refractivity contribution in [3.05, 3.63) is 158 Å². The highest BCUT2D eigenvalue weighted by molar-refractivity contribution is 7.21. The first-order valence-corrected chi connectivity index (χ1v) is 17.1. The van der Waals surface area contributed by atoms with E-state index in [4.69, 9.17) is 15.0 Å². The quantitative estimate of drug-likeness (QED) is 0.179. The van der Waals surface area contributed by atoms with E-state index in [-0.39, 0.29) is 0 Å². The van der Waals surface area contributed by atoms with Crippen molar-refractivity contribution in [2.75, 3.05) is 0 Å². The fraction of sp³-hybridized carbons (Fsp3) is 0. The lowest BCUT2D eigenvalue weighted by Crippen LogP contribution is -1.91. The second kappa shape index (κ2) is 11.2. The second-order valence-corrected chi connectivity index (χ2v) is 13.3. The zero-order valence-corrected chi connectivity index (χ0v) is 27.0. The number of rotatable bonds is 4. The van der Waals surface area contributed by atoms with Crippen molar-refractivity contribution in [2.24, 2.45) is 0 Å². The van der Waals surface area contributed by atoms with Crippen LogP contribution in [0, 0.1) is 0 Å². The van der Waals surface area contributed by atoms with Crippen molar-refractivity contribution in [1.29, 1.82) is 0 Å². The Morgan fingerprint density at radius 2 is 1.16 bits per heavy atom. The summed E-state index contributed by atoms with van der Waals surface area (Å²) in [5.41, 5.74) is 10.5. The van der Waals surface area contributed by atoms with E-state index in [2.05, 4.69) is 138 Å². The number of thiazole rings is 1. The molecule has 0 bridgehead atoms. The Balaban J connectivity index is 1.05. The Kier molecular flexibility index (Phi) is 6.32. The topological polar surface area (TPSA) is 51.6 Å². The van der Waals surface area contributed by atoms with Gasteiger partial charge in [-0.2, -0.15) is 0 Å². The number of pyridine rings is 3. The monoisotopic (exact) mass is 642 g/mol. The molecular formula is C44H26N4S. The molecule has 0 spiro atoms. The molecule has 0 saturated carbocycles. The molecule has 0 radical (unpaired) electrons. The van der Waals surface area contributed by atoms with Gasteiger partial charge in [0, 0.05) is 34.1 Å². The number of hydrogen-bond donors (Lipinski definition) is 0. The third-order valence-electron chi connectivity index (χ3n) is 9.40. The summed E-state index contributed by atoms with van der Waals surface area (Å²) in [4.78, 5) is 19.6. The van der Waals surface area contributed by atoms with Crippen LogP contribution in [0.5, 0.6) is 0 Å². The van der Waals surface area contributed by atoms with Crippen molar-refractivity contribution in [2.45, 2.75) is 0 Å². The predicted molar refractivity (Wildman–Crippen MR) is 205 cm³/mol. The number of fused-ring (bicyclic) bond motifs is 6. The average molecular weight is 643 g/mol. The first kappa shape index (κ1) is 27.8. The van der Waals surface area contributed by atoms with E-state index >= 15 is 0 Å². The highest BCUT2D eigenvalue weighted by atomic mass is 32.1. The Hall–Kier alpha value is -6.30. The van der Waals surface area contributed by atoms with Crippen LogP contribution in [0.4, 0.5) is 0 Å². The third-order valence-corrected chi connectivity index (χ3v) is 10.4. The van der Waals surface area contributed by atoms with Gasteiger partial charge in [-0.1, -0.05) is 109 Å². The van der Waals surface area contributed by atoms with Crippen molar-refractivity contribution in [1.82, 2.24) is 19.9 Å². The fourth-order valence-corrected chi connectivity index (χ4v) is 7.97. The number of aromatic nitrogens is 4. The van der Waals surface area contributed by atoms with Gasteiger partial charge in [0.15, 0.2) is 0 Å². The van der Waals surface area contributed by atoms with Gasteiger partial charge in [0.2, 0.25) is 0 Å². The van der Waals surface area contributed by atoms with Crippen LogP contribution in [0.1, 0.15) is 0 Å². The molecule has 5 heteroatoms. The second-order valence-electron chi connectivity index (χ2n) is 12.3. The first-order chi connectivity index (χ1) is 24.3. The summed E-state index contributed by atoms with van der Waals surface area (Å²) >= 11 is 1.69. The molecule has 6 aromatic carbocycles. The molecule has 0 N–H and O–H groups in total. The fourth-order valence-electron chi connectivity index (χ4n) is 7.01. The minimum absolute atomic E-state index is 0.925. The summed E-state index contributed by atoms with van der Waals surface area (Å²) in [5, 5.41) is 7.78. The maximum atomic E-state index is 5.17. The Morgan fingerprint density at radius 1 is 0.429 bits per heavy atom. The molecule has 0 fully saturated rings. The number of benzene rings is 6. The van der Waals surface area contributed by atoms with Crippen molar-refractivity contribution in [3.63, 3.8) is 0 Å². The molecule has 228 valence electrons. The molecule has 49 heavy (non-hydrogen) atoms. The van der Waals surface area contributed by atoms with E-state index in [1.54, 1.807) is 11.3 Å². The molecule has 0 unspecified atom stereocenters. The van der Waals surface area contributed by atoms with E-state index in [0.29, 0.717) is 0 Å². The molecule has 10 rings (SSSR count). The van der Waals surface area contributed by atoms with E-state index in [9.17, 15) is 0 Å². The molecule has 4 aromatic heterocycles. The van der Waals surface area contributed by atoms with Crippen LogP contribution in [-0.2, 0) is 0 Å². The van der Waals surface area contributed by atoms with Gasteiger partial charge in [-0.3, -0.25) is 9.97 Å². The van der Waals surface area contributed by atoms with Gasteiger partial charge in [-0.15, -0.1) is 11.3 Å². The maximum absolute atomic E-state index is 5.17. The minimum atomic E-state index is 0.925. The van der Waals surface area contributed by atoms with Crippen LogP contribution in [0.3, 0.4) is 0 Å². The highest BCUT2D eigenvalue weighted by Gasteiger charge is 2.15. The van der Waals surface area contributed by atoms with Crippen molar-refractivity contribution >= 4 is 64.9 Å². The summed E-state index contributed by atoms with van der Waals surface area (Å²) in [7, 11) is 0. The molecule has 10 aromatic rings. The zero-order chi connectivity index (χ0) is 32.3. The smallest absolute Gasteiger partial charge is 0.143 e. The summed E-state index contributed by atoms with van der Waals surface area (Å²) in [5.74, 6) is 0. The molecule has 0 aliphatic carbocycles. The van der Waals surface area contributed by atoms with Gasteiger partial charge in [-0.05, 0) is 74.8 Å². The Morgan fingerprint density at radius 3 is 2.08 bits per heavy atom. The van der Waals surface area contributed by atoms with Crippen LogP contribution < -0.4 is 0 Å². The van der Waals surface area contributed by atoms with Crippen LogP contribution in [0.2, 0.25) is 0 Å². The lowest BCUT2D eigenvalue weighted by Gasteiger charge is -2.13. The molecule has 0 saturated heterocycles. The third kappa shape index (κ3) is 4.66. The van der Waals surface area contributed by atoms with Crippen molar-refractivity contribution in [3.8, 4) is 44.2 Å². The minimum Gasteiger partial charge on any atom is -0.254 e. The standard InChI is InChI=1S/C44H26N4S/c1-2-11-34-27(7-1)22-24-46-43(34)44-48-39-26-31(17-21-40(39)49-44)30-8-5-9-32(25-30)33-18-19-37(36-13-4-3-12-35(33)36)38-20-16-29-15-14-28-10-6-23-45-41(28)42(29)47-38/h1-26H. The van der Waals surface area contributed by atoms with Crippen LogP contribution in [0.15, 0.2) is 158 Å². The van der Waals surface area contributed by atoms with Gasteiger partial charge in [0.25, 0.3) is 0 Å². The molecule has 4 nitrogen and oxygen atoms in total. The van der Waals surface area contributed by atoms with E-state index in [1.165, 1.54) is 27.3 Å². The lowest BCUT2D eigenvalue weighted by molar-refractivity contribution is 1.33. The van der Waals surface area contributed by atoms with E-state index in [1.807, 2.05) is 24.5 Å². The number of hydrogen-bond acceptors (Lipinski definition) is 5. The normalized spacial score (nSPS) is 11.7. The molecule has 0 atom stereocenters. The largest absolute Gasteiger partial charge is 0.254 e. The van der Waals surface area contributed by atoms with Crippen LogP contribution in [-0.4, -0.2) is 19.9 Å². The maximum Gasteiger partial charge on any atom is 0.143 e. The van der Waals surface area contributed by atoms with E-state index < -0.39 is 0 Å². The zero-order valence-electron chi connectivity index (χ0n) is 26.2. The first-order valence-electron chi connectivity index (χ1n) is 16.3. The predicted octanol–water partition coefficient (Wildman–Crippen LogP) is 11.8. The lowest BCUT2D eigenvalue weighted by atomic mass is 9.92. The van der Waals surface area contributed by atoms with Gasteiger partial charge < -0.3 is 0 Å². The van der Waals surface area contributed by atoms with Crippen LogP contribution in [0.25, 0.3) is 97.8 Å². The number of nitrogens with zero attached hydrogens (tertiary/aromatic N) is 4. The van der Waals surface area contributed by atoms with Gasteiger partial charge in [-0.25, -0.2) is 9.97 Å². The molecular weight excluding hydrogens is 617 g/mol. The molecule has 4 heterocycles. The molecule has 0 aliphatic rings. The average Bonchev–Trinajstić information content (AvgIpc) is 3.60. The van der Waals surface area contributed by atoms with E-state index in [0.717, 1.165) is 70.5 Å². The summed E-state index contributed by atoms with van der Waals surface area (Å²) in [6.45, 7) is 0. The Bertz CT molecular complexity index is 2900. The van der Waals surface area contributed by atoms with Gasteiger partial charge in [0.05, 0.1) is 26.9 Å². The summed E-state index contributed by atoms with van der Waals surface area (Å²) < 4.78 is 1.15. The van der Waals surface area contributed by atoms with Crippen LogP contribution >= 0.6 is 11.3 Å². The summed E-state index contributed by atoms with van der Waals surface area (Å²) in [6.07, 6.45) is 3.71. The molecule has 0 amide bonds. The molecule has 0 aliphatic heterocycles. The summed E-state index contributed by atoms with van der Waals surface area (Å²) in [6, 6.07) is 51.4. The SMILES string of the molecule is c1cc(-c2ccc3sc(-c4nccc5ccccc45)nc3c2)cc(-c2ccc(-c3ccc4ccc5cccnc5c4n3)c3ccccc23)c1. The van der Waals surface area contributed by atoms with Crippen molar-refractivity contribution < 1.29 is 0 Å². The van der Waals surface area contributed by atoms with Gasteiger partial charge in [0.1, 0.15) is 10.7 Å². The Labute approximate surface area is 286 Å². The highest BCUT2D eigenvalue weighted by Crippen LogP contribution is 2.39.